The smallest absolute Gasteiger partial charge is 0.269 e. The molecule has 0 spiro atoms. The van der Waals surface area contributed by atoms with E-state index in [9.17, 15) is 10.1 Å². The molecule has 0 saturated carbocycles. The van der Waals surface area contributed by atoms with E-state index >= 15 is 0 Å². The number of nitrogens with zero attached hydrogens (tertiary/aromatic N) is 4. The van der Waals surface area contributed by atoms with Gasteiger partial charge in [-0.2, -0.15) is 10.2 Å². The van der Waals surface area contributed by atoms with Gasteiger partial charge in [0.1, 0.15) is 28.9 Å². The summed E-state index contributed by atoms with van der Waals surface area (Å²) in [5, 5.41) is 10.4. The summed E-state index contributed by atoms with van der Waals surface area (Å²) >= 11 is 5.98. The first-order valence-corrected chi connectivity index (χ1v) is 10.4. The normalized spacial score (nSPS) is 11.6. The van der Waals surface area contributed by atoms with E-state index in [4.69, 9.17) is 16.3 Å². The zero-order valence-electron chi connectivity index (χ0n) is 17.4. The Morgan fingerprint density at radius 3 is 2.67 bits per heavy atom. The first-order valence-electron chi connectivity index (χ1n) is 10.1. The van der Waals surface area contributed by atoms with E-state index in [1.54, 1.807) is 36.5 Å². The Bertz CT molecular complexity index is 1610. The molecule has 0 aliphatic rings. The largest absolute Gasteiger partial charge is 0.438 e. The number of fused-ring (bicyclic) bond motifs is 2. The number of rotatable bonds is 4. The molecule has 0 aliphatic heterocycles. The van der Waals surface area contributed by atoms with Gasteiger partial charge >= 0.3 is 0 Å². The monoisotopic (exact) mass is 453 g/mol. The minimum absolute atomic E-state index is 0.0838. The Hall–Kier alpha value is -4.41. The lowest BCUT2D eigenvalue weighted by atomic mass is 10.1. The summed E-state index contributed by atoms with van der Waals surface area (Å²) in [4.78, 5) is 25.6. The van der Waals surface area contributed by atoms with Crippen LogP contribution >= 0.6 is 11.6 Å². The molecule has 8 heteroatoms. The summed E-state index contributed by atoms with van der Waals surface area (Å²) in [5.74, 6) is 0.895. The fourth-order valence-corrected chi connectivity index (χ4v) is 3.61. The van der Waals surface area contributed by atoms with Crippen LogP contribution in [-0.4, -0.2) is 19.4 Å². The molecule has 7 nitrogen and oxygen atoms in total. The number of allylic oxidation sites excluding steroid dienone is 1. The first-order chi connectivity index (χ1) is 16.0. The number of aryl methyl sites for hydroxylation is 1. The second-order valence-corrected chi connectivity index (χ2v) is 7.79. The van der Waals surface area contributed by atoms with Crippen LogP contribution in [0, 0.1) is 18.3 Å². The maximum atomic E-state index is 13.4. The molecule has 0 aliphatic carbocycles. The van der Waals surface area contributed by atoms with Crippen molar-refractivity contribution in [2.75, 3.05) is 0 Å². The van der Waals surface area contributed by atoms with Crippen molar-refractivity contribution in [3.63, 3.8) is 0 Å². The molecule has 0 saturated heterocycles. The molecule has 3 heterocycles. The molecule has 0 amide bonds. The fourth-order valence-electron chi connectivity index (χ4n) is 3.49. The summed E-state index contributed by atoms with van der Waals surface area (Å²) in [7, 11) is 0. The highest BCUT2D eigenvalue weighted by Gasteiger charge is 2.17. The van der Waals surface area contributed by atoms with Crippen LogP contribution in [0.3, 0.4) is 0 Å². The molecule has 3 aromatic heterocycles. The fraction of sp³-hybridized carbons (Fsp3) is 0.0400. The Labute approximate surface area is 193 Å². The number of ether oxygens (including phenoxy) is 1. The van der Waals surface area contributed by atoms with Gasteiger partial charge in [0.05, 0.1) is 16.6 Å². The number of nitrogens with one attached hydrogen (secondary N) is 1. The van der Waals surface area contributed by atoms with E-state index in [1.807, 2.05) is 37.3 Å². The lowest BCUT2D eigenvalue weighted by Crippen LogP contribution is -2.19. The molecule has 0 radical (unpaired) electrons. The van der Waals surface area contributed by atoms with Crippen molar-refractivity contribution < 1.29 is 4.74 Å². The lowest BCUT2D eigenvalue weighted by molar-refractivity contribution is 0.461. The van der Waals surface area contributed by atoms with Gasteiger partial charge in [0.2, 0.25) is 5.88 Å². The van der Waals surface area contributed by atoms with Gasteiger partial charge in [0, 0.05) is 11.2 Å². The van der Waals surface area contributed by atoms with Crippen molar-refractivity contribution in [2.45, 2.75) is 6.92 Å². The molecule has 0 bridgehead atoms. The Kier molecular flexibility index (Phi) is 5.13. The quantitative estimate of drug-likeness (QED) is 0.368. The van der Waals surface area contributed by atoms with Crippen molar-refractivity contribution in [3.8, 4) is 17.7 Å². The number of aromatic nitrogens is 4. The maximum absolute atomic E-state index is 13.4. The number of halogens is 1. The van der Waals surface area contributed by atoms with Gasteiger partial charge in [-0.1, -0.05) is 29.8 Å². The number of hydrogen-bond acceptors (Lipinski definition) is 5. The van der Waals surface area contributed by atoms with Gasteiger partial charge in [0.15, 0.2) is 0 Å². The van der Waals surface area contributed by atoms with E-state index in [0.29, 0.717) is 22.2 Å². The Morgan fingerprint density at radius 1 is 1.12 bits per heavy atom. The van der Waals surface area contributed by atoms with Crippen molar-refractivity contribution in [2.24, 2.45) is 0 Å². The molecular weight excluding hydrogens is 438 g/mol. The number of hydrogen-bond donors (Lipinski definition) is 1. The third kappa shape index (κ3) is 3.84. The van der Waals surface area contributed by atoms with Gasteiger partial charge < -0.3 is 9.72 Å². The highest BCUT2D eigenvalue weighted by atomic mass is 35.5. The summed E-state index contributed by atoms with van der Waals surface area (Å²) in [6.07, 6.45) is 3.08. The van der Waals surface area contributed by atoms with E-state index in [2.05, 4.69) is 21.0 Å². The number of para-hydroxylation sites is 2. The molecule has 160 valence electrons. The summed E-state index contributed by atoms with van der Waals surface area (Å²) < 4.78 is 7.41. The molecule has 5 rings (SSSR count). The van der Waals surface area contributed by atoms with Crippen molar-refractivity contribution in [1.82, 2.24) is 19.4 Å². The molecule has 0 fully saturated rings. The topological polar surface area (TPSA) is 96.1 Å². The van der Waals surface area contributed by atoms with E-state index in [0.717, 1.165) is 16.6 Å². The minimum Gasteiger partial charge on any atom is -0.438 e. The van der Waals surface area contributed by atoms with Gasteiger partial charge in [-0.3, -0.25) is 9.20 Å². The van der Waals surface area contributed by atoms with Crippen LogP contribution in [-0.2, 0) is 0 Å². The van der Waals surface area contributed by atoms with E-state index < -0.39 is 0 Å². The maximum Gasteiger partial charge on any atom is 0.269 e. The van der Waals surface area contributed by atoms with E-state index in [1.165, 1.54) is 10.5 Å². The summed E-state index contributed by atoms with van der Waals surface area (Å²) in [6, 6.07) is 19.9. The second-order valence-electron chi connectivity index (χ2n) is 7.35. The van der Waals surface area contributed by atoms with Gasteiger partial charge in [-0.15, -0.1) is 0 Å². The van der Waals surface area contributed by atoms with Crippen LogP contribution in [0.15, 0.2) is 71.7 Å². The molecule has 0 unspecified atom stereocenters. The van der Waals surface area contributed by atoms with Crippen LogP contribution in [0.5, 0.6) is 11.6 Å². The Balaban J connectivity index is 1.72. The number of H-pyrrole nitrogens is 1. The van der Waals surface area contributed by atoms with E-state index in [-0.39, 0.29) is 22.6 Å². The van der Waals surface area contributed by atoms with Gasteiger partial charge in [0.25, 0.3) is 5.56 Å². The zero-order valence-corrected chi connectivity index (χ0v) is 18.2. The average molecular weight is 454 g/mol. The second kappa shape index (κ2) is 8.26. The van der Waals surface area contributed by atoms with Crippen molar-refractivity contribution in [3.05, 3.63) is 99.2 Å². The number of nitriles is 1. The molecule has 1 N–H and O–H groups in total. The highest BCUT2D eigenvalue weighted by Crippen LogP contribution is 2.27. The number of pyridine rings is 1. The van der Waals surface area contributed by atoms with Crippen LogP contribution in [0.1, 0.15) is 17.0 Å². The number of imidazole rings is 1. The number of aromatic amines is 1. The molecule has 5 aromatic rings. The predicted molar refractivity (Wildman–Crippen MR) is 127 cm³/mol. The van der Waals surface area contributed by atoms with Crippen LogP contribution < -0.4 is 10.3 Å². The molecular formula is C25H16ClN5O2. The molecule has 0 atom stereocenters. The van der Waals surface area contributed by atoms with Crippen molar-refractivity contribution >= 4 is 39.9 Å². The van der Waals surface area contributed by atoms with Crippen LogP contribution in [0.25, 0.3) is 28.3 Å². The Morgan fingerprint density at radius 2 is 1.91 bits per heavy atom. The highest BCUT2D eigenvalue weighted by molar-refractivity contribution is 6.30. The molecule has 33 heavy (non-hydrogen) atoms. The SMILES string of the molecule is Cc1cccn2c(=O)c(C=C(C#N)c3nc4ccccc4[nH]3)c(Oc3ccc(Cl)cc3)nc12. The average Bonchev–Trinajstić information content (AvgIpc) is 3.25. The molecule has 2 aromatic carbocycles. The van der Waals surface area contributed by atoms with Crippen molar-refractivity contribution in [1.29, 1.82) is 5.26 Å². The third-order valence-electron chi connectivity index (χ3n) is 5.13. The zero-order chi connectivity index (χ0) is 22.9. The van der Waals surface area contributed by atoms with Gasteiger partial charge in [-0.25, -0.2) is 4.98 Å². The first kappa shape index (κ1) is 20.5. The third-order valence-corrected chi connectivity index (χ3v) is 5.38. The summed E-state index contributed by atoms with van der Waals surface area (Å²) in [5.41, 5.74) is 2.72. The lowest BCUT2D eigenvalue weighted by Gasteiger charge is -2.11. The number of benzene rings is 2. The predicted octanol–water partition coefficient (Wildman–Crippen LogP) is 5.39. The van der Waals surface area contributed by atoms with Crippen LogP contribution in [0.2, 0.25) is 5.02 Å². The summed E-state index contributed by atoms with van der Waals surface area (Å²) in [6.45, 7) is 1.86. The van der Waals surface area contributed by atoms with Gasteiger partial charge in [-0.05, 0) is 61.0 Å². The minimum atomic E-state index is -0.364. The standard InChI is InChI=1S/C25H16ClN5O2/c1-15-5-4-12-31-23(15)30-24(33-18-10-8-17(26)9-11-18)19(25(31)32)13-16(14-27)22-28-20-6-2-3-7-21(20)29-22/h2-13H,1H3,(H,28,29). The van der Waals surface area contributed by atoms with Crippen LogP contribution in [0.4, 0.5) is 0 Å².